The minimum atomic E-state index is -3.88. The third-order valence-electron chi connectivity index (χ3n) is 3.03. The Morgan fingerprint density at radius 2 is 1.82 bits per heavy atom. The Morgan fingerprint density at radius 3 is 2.41 bits per heavy atom. The molecular formula is C15H15ClFNO3S. The Bertz CT molecular complexity index is 763. The van der Waals surface area contributed by atoms with Gasteiger partial charge in [0.05, 0.1) is 12.3 Å². The molecule has 2 aromatic rings. The lowest BCUT2D eigenvalue weighted by Crippen LogP contribution is -2.27. The van der Waals surface area contributed by atoms with E-state index in [2.05, 4.69) is 0 Å². The minimum Gasteiger partial charge on any atom is -0.492 e. The second kappa shape index (κ2) is 6.54. The van der Waals surface area contributed by atoms with E-state index in [0.29, 0.717) is 12.3 Å². The number of hydrogen-bond donors (Lipinski definition) is 0. The Balaban J connectivity index is 2.49. The van der Waals surface area contributed by atoms with Crippen molar-refractivity contribution in [3.05, 3.63) is 53.3 Å². The van der Waals surface area contributed by atoms with E-state index in [4.69, 9.17) is 16.3 Å². The molecule has 0 aliphatic heterocycles. The fourth-order valence-corrected chi connectivity index (χ4v) is 3.48. The van der Waals surface area contributed by atoms with Crippen LogP contribution in [0.2, 0.25) is 5.02 Å². The van der Waals surface area contributed by atoms with E-state index in [9.17, 15) is 12.8 Å². The van der Waals surface area contributed by atoms with Gasteiger partial charge in [-0.1, -0.05) is 11.6 Å². The van der Waals surface area contributed by atoms with Crippen LogP contribution in [0.15, 0.2) is 47.4 Å². The standard InChI is InChI=1S/C15H15ClFNO3S/c1-3-21-14-9-4-11(16)10-15(14)22(19,20)18(2)13-7-5-12(17)6-8-13/h4-10H,3H2,1-2H3. The number of halogens is 2. The molecule has 0 bridgehead atoms. The molecule has 0 spiro atoms. The lowest BCUT2D eigenvalue weighted by Gasteiger charge is -2.21. The molecule has 0 amide bonds. The normalized spacial score (nSPS) is 11.3. The van der Waals surface area contributed by atoms with Crippen molar-refractivity contribution in [1.82, 2.24) is 0 Å². The maximum Gasteiger partial charge on any atom is 0.267 e. The van der Waals surface area contributed by atoms with Gasteiger partial charge in [-0.2, -0.15) is 0 Å². The highest BCUT2D eigenvalue weighted by atomic mass is 35.5. The molecule has 0 atom stereocenters. The number of ether oxygens (including phenoxy) is 1. The van der Waals surface area contributed by atoms with Gasteiger partial charge in [0.1, 0.15) is 16.5 Å². The van der Waals surface area contributed by atoms with Crippen LogP contribution in [0.1, 0.15) is 6.92 Å². The van der Waals surface area contributed by atoms with Crippen molar-refractivity contribution in [2.45, 2.75) is 11.8 Å². The summed E-state index contributed by atoms with van der Waals surface area (Å²) >= 11 is 5.91. The van der Waals surface area contributed by atoms with Crippen molar-refractivity contribution in [3.8, 4) is 5.75 Å². The first-order valence-corrected chi connectivity index (χ1v) is 8.35. The minimum absolute atomic E-state index is 0.0336. The van der Waals surface area contributed by atoms with Gasteiger partial charge in [0.15, 0.2) is 0 Å². The molecule has 2 aromatic carbocycles. The summed E-state index contributed by atoms with van der Waals surface area (Å²) in [7, 11) is -2.49. The van der Waals surface area contributed by atoms with E-state index in [1.165, 1.54) is 43.4 Å². The topological polar surface area (TPSA) is 46.6 Å². The summed E-state index contributed by atoms with van der Waals surface area (Å²) in [6, 6.07) is 9.57. The molecule has 22 heavy (non-hydrogen) atoms. The first-order chi connectivity index (χ1) is 10.4. The zero-order chi connectivity index (χ0) is 16.3. The highest BCUT2D eigenvalue weighted by Crippen LogP contribution is 2.31. The highest BCUT2D eigenvalue weighted by molar-refractivity contribution is 7.93. The van der Waals surface area contributed by atoms with Crippen LogP contribution in [0.4, 0.5) is 10.1 Å². The molecule has 0 aliphatic rings. The van der Waals surface area contributed by atoms with E-state index in [0.717, 1.165) is 4.31 Å². The monoisotopic (exact) mass is 343 g/mol. The Hall–Kier alpha value is -1.79. The van der Waals surface area contributed by atoms with Crippen LogP contribution in [-0.4, -0.2) is 22.1 Å². The van der Waals surface area contributed by atoms with E-state index in [1.807, 2.05) is 0 Å². The van der Waals surface area contributed by atoms with Gasteiger partial charge in [-0.15, -0.1) is 0 Å². The van der Waals surface area contributed by atoms with Gasteiger partial charge in [0.2, 0.25) is 0 Å². The third kappa shape index (κ3) is 3.34. The number of sulfonamides is 1. The van der Waals surface area contributed by atoms with Crippen LogP contribution in [0.25, 0.3) is 0 Å². The molecular weight excluding hydrogens is 329 g/mol. The number of benzene rings is 2. The fourth-order valence-electron chi connectivity index (χ4n) is 1.90. The molecule has 118 valence electrons. The van der Waals surface area contributed by atoms with Crippen LogP contribution < -0.4 is 9.04 Å². The second-order valence-electron chi connectivity index (χ2n) is 4.47. The van der Waals surface area contributed by atoms with Crippen molar-refractivity contribution < 1.29 is 17.5 Å². The maximum absolute atomic E-state index is 13.0. The molecule has 0 N–H and O–H groups in total. The average Bonchev–Trinajstić information content (AvgIpc) is 2.49. The summed E-state index contributed by atoms with van der Waals surface area (Å²) < 4.78 is 44.9. The van der Waals surface area contributed by atoms with Crippen molar-refractivity contribution in [1.29, 1.82) is 0 Å². The molecule has 2 rings (SSSR count). The molecule has 0 saturated heterocycles. The largest absolute Gasteiger partial charge is 0.492 e. The number of nitrogens with zero attached hydrogens (tertiary/aromatic N) is 1. The molecule has 0 unspecified atom stereocenters. The van der Waals surface area contributed by atoms with Crippen molar-refractivity contribution in [2.75, 3.05) is 18.0 Å². The van der Waals surface area contributed by atoms with Crippen molar-refractivity contribution >= 4 is 27.3 Å². The third-order valence-corrected chi connectivity index (χ3v) is 5.08. The summed E-state index contributed by atoms with van der Waals surface area (Å²) in [6.07, 6.45) is 0. The fraction of sp³-hybridized carbons (Fsp3) is 0.200. The van der Waals surface area contributed by atoms with Crippen LogP contribution in [-0.2, 0) is 10.0 Å². The van der Waals surface area contributed by atoms with Gasteiger partial charge < -0.3 is 4.74 Å². The van der Waals surface area contributed by atoms with Gasteiger partial charge in [0, 0.05) is 12.1 Å². The zero-order valence-corrected chi connectivity index (χ0v) is 13.7. The Labute approximate surface area is 134 Å². The highest BCUT2D eigenvalue weighted by Gasteiger charge is 2.25. The van der Waals surface area contributed by atoms with E-state index < -0.39 is 15.8 Å². The Morgan fingerprint density at radius 1 is 1.18 bits per heavy atom. The SMILES string of the molecule is CCOc1ccc(Cl)cc1S(=O)(=O)N(C)c1ccc(F)cc1. The first kappa shape index (κ1) is 16.6. The van der Waals surface area contributed by atoms with Crippen LogP contribution in [0.3, 0.4) is 0 Å². The summed E-state index contributed by atoms with van der Waals surface area (Å²) in [6.45, 7) is 2.08. The number of hydrogen-bond acceptors (Lipinski definition) is 3. The van der Waals surface area contributed by atoms with Crippen LogP contribution in [0, 0.1) is 5.82 Å². The van der Waals surface area contributed by atoms with Crippen molar-refractivity contribution in [3.63, 3.8) is 0 Å². The predicted octanol–water partition coefficient (Wildman–Crippen LogP) is 3.70. The summed E-state index contributed by atoms with van der Waals surface area (Å²) in [5, 5.41) is 0.287. The van der Waals surface area contributed by atoms with E-state index in [1.54, 1.807) is 13.0 Å². The first-order valence-electron chi connectivity index (χ1n) is 6.53. The quantitative estimate of drug-likeness (QED) is 0.831. The van der Waals surface area contributed by atoms with Crippen LogP contribution in [0.5, 0.6) is 5.75 Å². The number of anilines is 1. The molecule has 4 nitrogen and oxygen atoms in total. The smallest absolute Gasteiger partial charge is 0.267 e. The van der Waals surface area contributed by atoms with Crippen molar-refractivity contribution in [2.24, 2.45) is 0 Å². The molecule has 0 heterocycles. The predicted molar refractivity (Wildman–Crippen MR) is 84.6 cm³/mol. The van der Waals surface area contributed by atoms with E-state index >= 15 is 0 Å². The Kier molecular flexibility index (Phi) is 4.93. The molecule has 0 radical (unpaired) electrons. The van der Waals surface area contributed by atoms with Gasteiger partial charge in [0.25, 0.3) is 10.0 Å². The van der Waals surface area contributed by atoms with Gasteiger partial charge in [-0.3, -0.25) is 4.31 Å². The van der Waals surface area contributed by atoms with Gasteiger partial charge in [-0.25, -0.2) is 12.8 Å². The molecule has 7 heteroatoms. The number of rotatable bonds is 5. The molecule has 0 aliphatic carbocycles. The molecule has 0 fully saturated rings. The lowest BCUT2D eigenvalue weighted by atomic mass is 10.3. The second-order valence-corrected chi connectivity index (χ2v) is 6.85. The summed E-state index contributed by atoms with van der Waals surface area (Å²) in [5.74, 6) is -0.215. The van der Waals surface area contributed by atoms with E-state index in [-0.39, 0.29) is 15.7 Å². The van der Waals surface area contributed by atoms with Crippen LogP contribution >= 0.6 is 11.6 Å². The van der Waals surface area contributed by atoms with Gasteiger partial charge in [-0.05, 0) is 49.4 Å². The summed E-state index contributed by atoms with van der Waals surface area (Å²) in [4.78, 5) is -0.0336. The lowest BCUT2D eigenvalue weighted by molar-refractivity contribution is 0.331. The van der Waals surface area contributed by atoms with Gasteiger partial charge >= 0.3 is 0 Å². The maximum atomic E-state index is 13.0. The summed E-state index contributed by atoms with van der Waals surface area (Å²) in [5.41, 5.74) is 0.337. The molecule has 0 saturated carbocycles. The average molecular weight is 344 g/mol. The molecule has 0 aromatic heterocycles. The zero-order valence-electron chi connectivity index (χ0n) is 12.1.